The molecule has 4 atom stereocenters. The number of nitrogens with zero attached hydrogens (tertiary/aromatic N) is 2. The molecule has 38 heavy (non-hydrogen) atoms. The second kappa shape index (κ2) is 9.94. The van der Waals surface area contributed by atoms with Crippen LogP contribution in [0.2, 0.25) is 0 Å². The Kier molecular flexibility index (Phi) is 6.61. The van der Waals surface area contributed by atoms with Crippen molar-refractivity contribution in [1.29, 1.82) is 0 Å². The van der Waals surface area contributed by atoms with Crippen molar-refractivity contribution in [3.63, 3.8) is 0 Å². The Hall–Kier alpha value is -3.02. The predicted molar refractivity (Wildman–Crippen MR) is 151 cm³/mol. The van der Waals surface area contributed by atoms with E-state index in [-0.39, 0.29) is 17.3 Å². The average molecular weight is 512 g/mol. The lowest BCUT2D eigenvalue weighted by atomic mass is 9.57. The molecular weight excluding hydrogens is 473 g/mol. The lowest BCUT2D eigenvalue weighted by Gasteiger charge is -2.50. The average Bonchev–Trinajstić information content (AvgIpc) is 3.28. The topological polar surface area (TPSA) is 50.1 Å². The monoisotopic (exact) mass is 511 g/mol. The smallest absolute Gasteiger partial charge is 0.123 e. The summed E-state index contributed by atoms with van der Waals surface area (Å²) in [5, 5.41) is 21.2. The Morgan fingerprint density at radius 2 is 1.89 bits per heavy atom. The first-order valence-electron chi connectivity index (χ1n) is 14.2. The lowest BCUT2D eigenvalue weighted by Crippen LogP contribution is -2.52. The number of aromatic nitrogens is 2. The first-order valence-corrected chi connectivity index (χ1v) is 14.2. The summed E-state index contributed by atoms with van der Waals surface area (Å²) in [7, 11) is 0. The van der Waals surface area contributed by atoms with Gasteiger partial charge < -0.3 is 10.4 Å². The molecule has 0 saturated heterocycles. The van der Waals surface area contributed by atoms with Crippen LogP contribution in [0.25, 0.3) is 16.6 Å². The number of fused-ring (bicyclic) bond motifs is 4. The quantitative estimate of drug-likeness (QED) is 0.292. The van der Waals surface area contributed by atoms with Gasteiger partial charge in [0.2, 0.25) is 0 Å². The van der Waals surface area contributed by atoms with Crippen LogP contribution < -0.4 is 5.32 Å². The van der Waals surface area contributed by atoms with Crippen molar-refractivity contribution >= 4 is 10.9 Å². The summed E-state index contributed by atoms with van der Waals surface area (Å²) in [6.07, 6.45) is 8.96. The van der Waals surface area contributed by atoms with Gasteiger partial charge in [0.05, 0.1) is 23.0 Å². The molecule has 1 aromatic heterocycles. The maximum Gasteiger partial charge on any atom is 0.123 e. The number of benzene rings is 3. The van der Waals surface area contributed by atoms with E-state index in [0.717, 1.165) is 61.5 Å². The molecular formula is C33H38FN3O. The Bertz CT molecular complexity index is 1420. The minimum atomic E-state index is -0.686. The van der Waals surface area contributed by atoms with Crippen molar-refractivity contribution in [3.8, 4) is 5.69 Å². The minimum Gasteiger partial charge on any atom is -0.389 e. The van der Waals surface area contributed by atoms with Crippen molar-refractivity contribution in [3.05, 3.63) is 95.4 Å². The van der Waals surface area contributed by atoms with Crippen LogP contribution in [0.15, 0.2) is 72.9 Å². The predicted octanol–water partition coefficient (Wildman–Crippen LogP) is 7.03. The molecule has 4 unspecified atom stereocenters. The summed E-state index contributed by atoms with van der Waals surface area (Å²) in [6.45, 7) is 5.13. The zero-order valence-electron chi connectivity index (χ0n) is 22.5. The molecule has 2 aliphatic rings. The van der Waals surface area contributed by atoms with E-state index in [2.05, 4.69) is 60.7 Å². The molecule has 0 spiro atoms. The molecule has 0 amide bonds. The van der Waals surface area contributed by atoms with E-state index in [0.29, 0.717) is 12.5 Å². The second-order valence-electron chi connectivity index (χ2n) is 11.6. The summed E-state index contributed by atoms with van der Waals surface area (Å²) in [6, 6.07) is 21.9. The summed E-state index contributed by atoms with van der Waals surface area (Å²) >= 11 is 0. The van der Waals surface area contributed by atoms with Crippen molar-refractivity contribution in [2.24, 2.45) is 5.92 Å². The molecule has 198 valence electrons. The van der Waals surface area contributed by atoms with Gasteiger partial charge in [0, 0.05) is 18.0 Å². The molecule has 4 aromatic rings. The molecule has 1 fully saturated rings. The van der Waals surface area contributed by atoms with Gasteiger partial charge in [-0.2, -0.15) is 5.10 Å². The number of hydrogen-bond donors (Lipinski definition) is 2. The highest BCUT2D eigenvalue weighted by Crippen LogP contribution is 2.54. The highest BCUT2D eigenvalue weighted by molar-refractivity contribution is 5.82. The van der Waals surface area contributed by atoms with Gasteiger partial charge in [0.25, 0.3) is 0 Å². The molecule has 3 aromatic carbocycles. The lowest BCUT2D eigenvalue weighted by molar-refractivity contribution is -0.0479. The van der Waals surface area contributed by atoms with Gasteiger partial charge in [0.1, 0.15) is 5.82 Å². The van der Waals surface area contributed by atoms with Crippen LogP contribution >= 0.6 is 0 Å². The van der Waals surface area contributed by atoms with Crippen LogP contribution in [0, 0.1) is 11.7 Å². The van der Waals surface area contributed by atoms with Gasteiger partial charge in [0.15, 0.2) is 0 Å². The number of aliphatic hydroxyl groups is 1. The van der Waals surface area contributed by atoms with Crippen LogP contribution in [0.5, 0.6) is 0 Å². The summed E-state index contributed by atoms with van der Waals surface area (Å²) in [4.78, 5) is 0. The van der Waals surface area contributed by atoms with Crippen LogP contribution in [0.3, 0.4) is 0 Å². The molecule has 0 bridgehead atoms. The first-order chi connectivity index (χ1) is 18.4. The van der Waals surface area contributed by atoms with Crippen LogP contribution in [-0.2, 0) is 11.8 Å². The van der Waals surface area contributed by atoms with Gasteiger partial charge in [-0.25, -0.2) is 9.07 Å². The van der Waals surface area contributed by atoms with E-state index in [1.54, 1.807) is 12.1 Å². The van der Waals surface area contributed by atoms with Gasteiger partial charge in [-0.05, 0) is 116 Å². The van der Waals surface area contributed by atoms with Crippen molar-refractivity contribution in [2.45, 2.75) is 75.9 Å². The van der Waals surface area contributed by atoms with E-state index in [4.69, 9.17) is 0 Å². The molecule has 2 N–H and O–H groups in total. The third-order valence-corrected chi connectivity index (χ3v) is 9.51. The largest absolute Gasteiger partial charge is 0.389 e. The summed E-state index contributed by atoms with van der Waals surface area (Å²) < 4.78 is 15.4. The number of rotatable bonds is 6. The Labute approximate surface area is 224 Å². The molecule has 5 heteroatoms. The number of hydrogen-bond acceptors (Lipinski definition) is 3. The van der Waals surface area contributed by atoms with Gasteiger partial charge in [-0.3, -0.25) is 0 Å². The molecule has 4 nitrogen and oxygen atoms in total. The fourth-order valence-corrected chi connectivity index (χ4v) is 7.28. The number of aryl methyl sites for hydroxylation is 1. The van der Waals surface area contributed by atoms with E-state index < -0.39 is 5.60 Å². The fourth-order valence-electron chi connectivity index (χ4n) is 7.28. The van der Waals surface area contributed by atoms with Gasteiger partial charge >= 0.3 is 0 Å². The van der Waals surface area contributed by atoms with E-state index in [1.165, 1.54) is 28.8 Å². The standard InChI is InChI=1S/C33H38FN3O/c1-3-33-17-16-32(38,22-35-23(2)24-8-5-4-6-9-24)20-27(33)11-7-10-25-19-31-26(18-30(25)33)21-36-37(31)29-14-12-28(34)13-15-29/h4-6,8-9,12-15,18-19,21,23,27,35,38H,3,7,10-11,16-17,20,22H2,1-2H3. The van der Waals surface area contributed by atoms with Gasteiger partial charge in [-0.15, -0.1) is 0 Å². The van der Waals surface area contributed by atoms with E-state index >= 15 is 0 Å². The molecule has 6 rings (SSSR count). The minimum absolute atomic E-state index is 0.0786. The number of halogens is 1. The fraction of sp³-hybridized carbons (Fsp3) is 0.424. The van der Waals surface area contributed by atoms with Crippen molar-refractivity contribution in [2.75, 3.05) is 6.54 Å². The molecule has 1 saturated carbocycles. The van der Waals surface area contributed by atoms with Crippen molar-refractivity contribution < 1.29 is 9.50 Å². The van der Waals surface area contributed by atoms with Crippen LogP contribution in [-0.4, -0.2) is 27.0 Å². The third-order valence-electron chi connectivity index (χ3n) is 9.51. The molecule has 1 heterocycles. The normalized spacial score (nSPS) is 25.9. The Balaban J connectivity index is 1.28. The summed E-state index contributed by atoms with van der Waals surface area (Å²) in [5.41, 5.74) is 5.46. The number of nitrogens with one attached hydrogen (secondary N) is 1. The maximum absolute atomic E-state index is 13.5. The first kappa shape index (κ1) is 25.3. The highest BCUT2D eigenvalue weighted by atomic mass is 19.1. The van der Waals surface area contributed by atoms with Crippen LogP contribution in [0.4, 0.5) is 4.39 Å². The molecule has 2 aliphatic carbocycles. The summed E-state index contributed by atoms with van der Waals surface area (Å²) in [5.74, 6) is 0.211. The maximum atomic E-state index is 13.5. The second-order valence-corrected chi connectivity index (χ2v) is 11.6. The highest BCUT2D eigenvalue weighted by Gasteiger charge is 2.49. The van der Waals surface area contributed by atoms with Gasteiger partial charge in [-0.1, -0.05) is 37.3 Å². The zero-order valence-corrected chi connectivity index (χ0v) is 22.5. The Morgan fingerprint density at radius 3 is 2.66 bits per heavy atom. The van der Waals surface area contributed by atoms with E-state index in [9.17, 15) is 9.50 Å². The van der Waals surface area contributed by atoms with Crippen molar-refractivity contribution in [1.82, 2.24) is 15.1 Å². The molecule has 0 aliphatic heterocycles. The third kappa shape index (κ3) is 4.46. The van der Waals surface area contributed by atoms with E-state index in [1.807, 2.05) is 16.9 Å². The Morgan fingerprint density at radius 1 is 1.11 bits per heavy atom. The zero-order chi connectivity index (χ0) is 26.3. The molecule has 0 radical (unpaired) electrons. The SMILES string of the molecule is CCC12CCC(O)(CNC(C)c3ccccc3)CC1CCCc1cc3c(cnn3-c3ccc(F)cc3)cc12. The van der Waals surface area contributed by atoms with Crippen LogP contribution in [0.1, 0.15) is 75.1 Å².